The highest BCUT2D eigenvalue weighted by Gasteiger charge is 2.48. The van der Waals surface area contributed by atoms with Gasteiger partial charge in [-0.3, -0.25) is 4.79 Å². The van der Waals surface area contributed by atoms with Crippen molar-refractivity contribution in [1.82, 2.24) is 0 Å². The van der Waals surface area contributed by atoms with Gasteiger partial charge in [0, 0.05) is 12.8 Å². The molecule has 0 aromatic carbocycles. The average Bonchev–Trinajstić information content (AvgIpc) is 2.50. The quantitative estimate of drug-likeness (QED) is 0.677. The molecular formula is C10H17NO. The standard InChI is InChI=1S/C10H17NO/c11-7-10(5-9(12)6-10)8-3-1-2-4-8/h8H,1-7,11H2. The number of Topliss-reactive ketones (excluding diaryl/α,β-unsaturated/α-hetero) is 1. The summed E-state index contributed by atoms with van der Waals surface area (Å²) in [5.41, 5.74) is 6.00. The molecule has 0 bridgehead atoms. The molecule has 0 unspecified atom stereocenters. The maximum absolute atomic E-state index is 11.0. The Kier molecular flexibility index (Phi) is 1.95. The lowest BCUT2D eigenvalue weighted by atomic mass is 9.60. The van der Waals surface area contributed by atoms with Gasteiger partial charge in [0.15, 0.2) is 0 Å². The van der Waals surface area contributed by atoms with Gasteiger partial charge in [-0.2, -0.15) is 0 Å². The van der Waals surface area contributed by atoms with Gasteiger partial charge in [0.25, 0.3) is 0 Å². The van der Waals surface area contributed by atoms with Gasteiger partial charge in [-0.05, 0) is 30.7 Å². The molecular weight excluding hydrogens is 150 g/mol. The Morgan fingerprint density at radius 2 is 1.92 bits per heavy atom. The van der Waals surface area contributed by atoms with E-state index in [0.29, 0.717) is 5.78 Å². The summed E-state index contributed by atoms with van der Waals surface area (Å²) < 4.78 is 0. The van der Waals surface area contributed by atoms with Crippen LogP contribution in [0, 0.1) is 11.3 Å². The second-order valence-corrected chi connectivity index (χ2v) is 4.44. The van der Waals surface area contributed by atoms with E-state index >= 15 is 0 Å². The van der Waals surface area contributed by atoms with Crippen LogP contribution in [-0.4, -0.2) is 12.3 Å². The van der Waals surface area contributed by atoms with Crippen molar-refractivity contribution in [2.75, 3.05) is 6.54 Å². The van der Waals surface area contributed by atoms with E-state index < -0.39 is 0 Å². The van der Waals surface area contributed by atoms with E-state index in [1.54, 1.807) is 0 Å². The predicted octanol–water partition coefficient (Wildman–Crippen LogP) is 1.48. The SMILES string of the molecule is NCC1(C2CCCC2)CC(=O)C1. The van der Waals surface area contributed by atoms with E-state index in [9.17, 15) is 4.79 Å². The van der Waals surface area contributed by atoms with Crippen LogP contribution in [0.3, 0.4) is 0 Å². The monoisotopic (exact) mass is 167 g/mol. The Labute approximate surface area is 73.5 Å². The molecule has 0 aromatic heterocycles. The van der Waals surface area contributed by atoms with E-state index in [0.717, 1.165) is 25.3 Å². The molecule has 2 rings (SSSR count). The van der Waals surface area contributed by atoms with Crippen LogP contribution in [0.2, 0.25) is 0 Å². The molecule has 12 heavy (non-hydrogen) atoms. The zero-order valence-corrected chi connectivity index (χ0v) is 7.51. The summed E-state index contributed by atoms with van der Waals surface area (Å²) in [6, 6.07) is 0. The Bertz CT molecular complexity index is 186. The summed E-state index contributed by atoms with van der Waals surface area (Å²) in [5, 5.41) is 0. The Morgan fingerprint density at radius 3 is 2.33 bits per heavy atom. The number of carbonyl (C=O) groups is 1. The predicted molar refractivity (Wildman–Crippen MR) is 47.7 cm³/mol. The van der Waals surface area contributed by atoms with Crippen LogP contribution < -0.4 is 5.73 Å². The smallest absolute Gasteiger partial charge is 0.134 e. The fourth-order valence-corrected chi connectivity index (χ4v) is 2.87. The van der Waals surface area contributed by atoms with E-state index in [1.807, 2.05) is 0 Å². The largest absolute Gasteiger partial charge is 0.330 e. The summed E-state index contributed by atoms with van der Waals surface area (Å²) in [4.78, 5) is 11.0. The van der Waals surface area contributed by atoms with Gasteiger partial charge in [-0.25, -0.2) is 0 Å². The van der Waals surface area contributed by atoms with Crippen molar-refractivity contribution in [1.29, 1.82) is 0 Å². The van der Waals surface area contributed by atoms with Gasteiger partial charge in [-0.15, -0.1) is 0 Å². The van der Waals surface area contributed by atoms with Gasteiger partial charge < -0.3 is 5.73 Å². The number of hydrogen-bond acceptors (Lipinski definition) is 2. The van der Waals surface area contributed by atoms with Crippen LogP contribution in [0.15, 0.2) is 0 Å². The second kappa shape index (κ2) is 2.84. The van der Waals surface area contributed by atoms with Crippen molar-refractivity contribution in [3.8, 4) is 0 Å². The van der Waals surface area contributed by atoms with E-state index in [4.69, 9.17) is 5.73 Å². The highest BCUT2D eigenvalue weighted by atomic mass is 16.1. The minimum atomic E-state index is 0.244. The third kappa shape index (κ3) is 1.09. The molecule has 0 saturated heterocycles. The molecule has 0 radical (unpaired) electrons. The molecule has 2 nitrogen and oxygen atoms in total. The molecule has 68 valence electrons. The van der Waals surface area contributed by atoms with Crippen molar-refractivity contribution in [3.63, 3.8) is 0 Å². The fourth-order valence-electron chi connectivity index (χ4n) is 2.87. The summed E-state index contributed by atoms with van der Waals surface area (Å²) in [5.74, 6) is 1.19. The first-order chi connectivity index (χ1) is 5.77. The zero-order chi connectivity index (χ0) is 8.60. The van der Waals surface area contributed by atoms with E-state index in [2.05, 4.69) is 0 Å². The third-order valence-electron chi connectivity index (χ3n) is 3.73. The van der Waals surface area contributed by atoms with Crippen LogP contribution in [-0.2, 0) is 4.79 Å². The minimum Gasteiger partial charge on any atom is -0.330 e. The molecule has 2 aliphatic rings. The molecule has 0 spiro atoms. The lowest BCUT2D eigenvalue weighted by molar-refractivity contribution is -0.135. The van der Waals surface area contributed by atoms with Crippen LogP contribution in [0.1, 0.15) is 38.5 Å². The Balaban J connectivity index is 2.02. The summed E-state index contributed by atoms with van der Waals surface area (Å²) in [6.07, 6.45) is 6.86. The zero-order valence-electron chi connectivity index (χ0n) is 7.51. The molecule has 0 heterocycles. The Morgan fingerprint density at radius 1 is 1.33 bits per heavy atom. The van der Waals surface area contributed by atoms with Crippen molar-refractivity contribution in [2.24, 2.45) is 17.1 Å². The summed E-state index contributed by atoms with van der Waals surface area (Å²) >= 11 is 0. The number of nitrogens with two attached hydrogens (primary N) is 1. The van der Waals surface area contributed by atoms with Gasteiger partial charge in [0.05, 0.1) is 0 Å². The highest BCUT2D eigenvalue weighted by molar-refractivity contribution is 5.86. The summed E-state index contributed by atoms with van der Waals surface area (Å²) in [7, 11) is 0. The minimum absolute atomic E-state index is 0.244. The highest BCUT2D eigenvalue weighted by Crippen LogP contribution is 2.50. The normalized spacial score (nSPS) is 28.9. The second-order valence-electron chi connectivity index (χ2n) is 4.44. The van der Waals surface area contributed by atoms with Gasteiger partial charge >= 0.3 is 0 Å². The molecule has 0 atom stereocenters. The lowest BCUT2D eigenvalue weighted by Crippen LogP contribution is -2.48. The molecule has 2 fully saturated rings. The number of hydrogen-bond donors (Lipinski definition) is 1. The Hall–Kier alpha value is -0.370. The molecule has 2 saturated carbocycles. The van der Waals surface area contributed by atoms with Gasteiger partial charge in [0.1, 0.15) is 5.78 Å². The van der Waals surface area contributed by atoms with Crippen LogP contribution >= 0.6 is 0 Å². The molecule has 2 aliphatic carbocycles. The van der Waals surface area contributed by atoms with Crippen LogP contribution in [0.4, 0.5) is 0 Å². The van der Waals surface area contributed by atoms with Crippen molar-refractivity contribution >= 4 is 5.78 Å². The molecule has 0 amide bonds. The topological polar surface area (TPSA) is 43.1 Å². The summed E-state index contributed by atoms with van der Waals surface area (Å²) in [6.45, 7) is 0.726. The maximum Gasteiger partial charge on any atom is 0.134 e. The first-order valence-electron chi connectivity index (χ1n) is 4.99. The first-order valence-corrected chi connectivity index (χ1v) is 4.99. The average molecular weight is 167 g/mol. The molecule has 2 N–H and O–H groups in total. The van der Waals surface area contributed by atoms with Gasteiger partial charge in [-0.1, -0.05) is 12.8 Å². The maximum atomic E-state index is 11.0. The van der Waals surface area contributed by atoms with Crippen molar-refractivity contribution in [2.45, 2.75) is 38.5 Å². The molecule has 0 aliphatic heterocycles. The van der Waals surface area contributed by atoms with E-state index in [-0.39, 0.29) is 5.41 Å². The van der Waals surface area contributed by atoms with Crippen molar-refractivity contribution < 1.29 is 4.79 Å². The lowest BCUT2D eigenvalue weighted by Gasteiger charge is -2.44. The first kappa shape index (κ1) is 8.24. The number of carbonyl (C=O) groups excluding carboxylic acids is 1. The molecule has 2 heteroatoms. The van der Waals surface area contributed by atoms with Gasteiger partial charge in [0.2, 0.25) is 0 Å². The number of ketones is 1. The van der Waals surface area contributed by atoms with Crippen LogP contribution in [0.5, 0.6) is 0 Å². The van der Waals surface area contributed by atoms with Crippen LogP contribution in [0.25, 0.3) is 0 Å². The fraction of sp³-hybridized carbons (Fsp3) is 0.900. The molecule has 0 aromatic rings. The van der Waals surface area contributed by atoms with Crippen molar-refractivity contribution in [3.05, 3.63) is 0 Å². The van der Waals surface area contributed by atoms with E-state index in [1.165, 1.54) is 25.7 Å². The number of rotatable bonds is 2. The third-order valence-corrected chi connectivity index (χ3v) is 3.73.